The van der Waals surface area contributed by atoms with Crippen LogP contribution in [-0.2, 0) is 6.54 Å². The Morgan fingerprint density at radius 1 is 1.03 bits per heavy atom. The third kappa shape index (κ3) is 5.81. The lowest BCUT2D eigenvalue weighted by molar-refractivity contribution is 0.0935. The third-order valence-corrected chi connectivity index (χ3v) is 6.93. The van der Waals surface area contributed by atoms with Crippen LogP contribution in [0.5, 0.6) is 0 Å². The van der Waals surface area contributed by atoms with Crippen LogP contribution in [-0.4, -0.2) is 49.9 Å². The highest BCUT2D eigenvalue weighted by Gasteiger charge is 2.21. The number of nitrogens with one attached hydrogen (secondary N) is 2. The van der Waals surface area contributed by atoms with Crippen LogP contribution in [0.25, 0.3) is 0 Å². The first kappa shape index (κ1) is 23.9. The van der Waals surface area contributed by atoms with Crippen LogP contribution in [0.2, 0.25) is 0 Å². The van der Waals surface area contributed by atoms with Crippen LogP contribution in [0.3, 0.4) is 0 Å². The van der Waals surface area contributed by atoms with E-state index < -0.39 is 0 Å². The van der Waals surface area contributed by atoms with Gasteiger partial charge in [0.15, 0.2) is 0 Å². The molecule has 1 aliphatic rings. The van der Waals surface area contributed by atoms with E-state index in [0.29, 0.717) is 17.0 Å². The number of hydrogen-bond acceptors (Lipinski definition) is 5. The third-order valence-electron chi connectivity index (χ3n) is 6.06. The van der Waals surface area contributed by atoms with Gasteiger partial charge in [-0.3, -0.25) is 9.59 Å². The second-order valence-electron chi connectivity index (χ2n) is 8.55. The van der Waals surface area contributed by atoms with Gasteiger partial charge < -0.3 is 20.4 Å². The average molecular weight is 481 g/mol. The van der Waals surface area contributed by atoms with Crippen LogP contribution in [0.15, 0.2) is 60.0 Å². The van der Waals surface area contributed by atoms with Crippen molar-refractivity contribution in [3.8, 4) is 0 Å². The van der Waals surface area contributed by atoms with Crippen molar-refractivity contribution in [3.63, 3.8) is 0 Å². The van der Waals surface area contributed by atoms with Gasteiger partial charge in [-0.25, -0.2) is 4.39 Å². The van der Waals surface area contributed by atoms with Gasteiger partial charge in [0, 0.05) is 49.5 Å². The summed E-state index contributed by atoms with van der Waals surface area (Å²) in [6, 6.07) is 15.2. The second kappa shape index (κ2) is 10.8. The molecule has 0 saturated carbocycles. The monoisotopic (exact) mass is 480 g/mol. The smallest absolute Gasteiger partial charge is 0.261 e. The number of nitrogens with zero attached hydrogens (tertiary/aromatic N) is 2. The van der Waals surface area contributed by atoms with E-state index in [9.17, 15) is 14.0 Å². The minimum absolute atomic E-state index is 0.114. The highest BCUT2D eigenvalue weighted by molar-refractivity contribution is 7.12. The van der Waals surface area contributed by atoms with Crippen LogP contribution in [0.1, 0.15) is 44.1 Å². The number of thiophene rings is 1. The maximum absolute atomic E-state index is 14.1. The summed E-state index contributed by atoms with van der Waals surface area (Å²) in [4.78, 5) is 30.2. The van der Waals surface area contributed by atoms with E-state index in [1.54, 1.807) is 24.3 Å². The Bertz CT molecular complexity index is 1130. The van der Waals surface area contributed by atoms with Crippen molar-refractivity contribution in [3.05, 3.63) is 87.4 Å². The number of halogens is 1. The molecule has 1 atom stereocenters. The number of carbonyl (C=O) groups excluding carboxylic acids is 2. The summed E-state index contributed by atoms with van der Waals surface area (Å²) < 4.78 is 14.1. The van der Waals surface area contributed by atoms with Crippen molar-refractivity contribution in [1.29, 1.82) is 0 Å². The van der Waals surface area contributed by atoms with Crippen molar-refractivity contribution in [2.45, 2.75) is 19.5 Å². The predicted molar refractivity (Wildman–Crippen MR) is 134 cm³/mol. The number of rotatable bonds is 7. The molecule has 0 aliphatic carbocycles. The highest BCUT2D eigenvalue weighted by Crippen LogP contribution is 2.28. The summed E-state index contributed by atoms with van der Waals surface area (Å²) >= 11 is 1.39. The zero-order valence-electron chi connectivity index (χ0n) is 19.4. The Kier molecular flexibility index (Phi) is 7.59. The Morgan fingerprint density at radius 3 is 2.44 bits per heavy atom. The molecule has 2 N–H and O–H groups in total. The molecular formula is C26H29FN4O2S. The molecule has 0 unspecified atom stereocenters. The van der Waals surface area contributed by atoms with Gasteiger partial charge in [-0.15, -0.1) is 11.3 Å². The maximum Gasteiger partial charge on any atom is 0.261 e. The van der Waals surface area contributed by atoms with E-state index in [4.69, 9.17) is 0 Å². The van der Waals surface area contributed by atoms with E-state index in [-0.39, 0.29) is 23.7 Å². The molecule has 1 aliphatic heterocycles. The molecule has 8 heteroatoms. The molecule has 1 saturated heterocycles. The number of piperazine rings is 1. The Hall–Kier alpha value is -3.23. The molecule has 0 bridgehead atoms. The summed E-state index contributed by atoms with van der Waals surface area (Å²) in [5, 5.41) is 7.74. The van der Waals surface area contributed by atoms with Crippen LogP contribution in [0.4, 0.5) is 10.1 Å². The first-order chi connectivity index (χ1) is 16.4. The van der Waals surface area contributed by atoms with Gasteiger partial charge in [0.1, 0.15) is 5.82 Å². The molecule has 2 heterocycles. The van der Waals surface area contributed by atoms with Crippen LogP contribution in [0, 0.1) is 5.82 Å². The molecule has 3 aromatic rings. The number of carbonyl (C=O) groups is 2. The Balaban J connectivity index is 1.39. The van der Waals surface area contributed by atoms with Gasteiger partial charge in [0.25, 0.3) is 11.8 Å². The summed E-state index contributed by atoms with van der Waals surface area (Å²) in [6.45, 7) is 5.86. The van der Waals surface area contributed by atoms with Crippen molar-refractivity contribution < 1.29 is 14.0 Å². The Labute approximate surface area is 203 Å². The van der Waals surface area contributed by atoms with Crippen LogP contribution >= 0.6 is 11.3 Å². The molecule has 2 amide bonds. The molecule has 1 aromatic heterocycles. The minimum Gasteiger partial charge on any atom is -0.369 e. The van der Waals surface area contributed by atoms with Gasteiger partial charge in [-0.2, -0.15) is 0 Å². The SMILES string of the molecule is C[C@H](NC(=O)c1ccc(CNC(=O)c2cccs2)cc1)c1cc(F)ccc1N1CCN(C)CC1. The molecule has 4 rings (SSSR count). The lowest BCUT2D eigenvalue weighted by atomic mass is 10.0. The number of hydrogen-bond donors (Lipinski definition) is 2. The highest BCUT2D eigenvalue weighted by atomic mass is 32.1. The number of anilines is 1. The van der Waals surface area contributed by atoms with Gasteiger partial charge in [0.2, 0.25) is 0 Å². The lowest BCUT2D eigenvalue weighted by Crippen LogP contribution is -2.45. The fraction of sp³-hybridized carbons (Fsp3) is 0.308. The number of benzene rings is 2. The standard InChI is InChI=1S/C26H29FN4O2S/c1-18(22-16-21(27)9-10-23(22)31-13-11-30(2)12-14-31)29-25(32)20-7-5-19(6-8-20)17-28-26(33)24-4-3-15-34-24/h3-10,15-16,18H,11-14,17H2,1-2H3,(H,28,33)(H,29,32)/t18-/m0/s1. The quantitative estimate of drug-likeness (QED) is 0.535. The van der Waals surface area contributed by atoms with Gasteiger partial charge in [-0.1, -0.05) is 18.2 Å². The summed E-state index contributed by atoms with van der Waals surface area (Å²) in [5.41, 5.74) is 3.14. The van der Waals surface area contributed by atoms with Crippen molar-refractivity contribution in [1.82, 2.24) is 15.5 Å². The van der Waals surface area contributed by atoms with E-state index in [2.05, 4.69) is 27.5 Å². The van der Waals surface area contributed by atoms with E-state index in [0.717, 1.165) is 43.0 Å². The van der Waals surface area contributed by atoms with Crippen molar-refractivity contribution in [2.24, 2.45) is 0 Å². The predicted octanol–water partition coefficient (Wildman–Crippen LogP) is 4.06. The first-order valence-electron chi connectivity index (χ1n) is 11.3. The number of amides is 2. The molecule has 0 spiro atoms. The summed E-state index contributed by atoms with van der Waals surface area (Å²) in [7, 11) is 2.09. The largest absolute Gasteiger partial charge is 0.369 e. The average Bonchev–Trinajstić information content (AvgIpc) is 3.38. The molecule has 34 heavy (non-hydrogen) atoms. The van der Waals surface area contributed by atoms with Crippen molar-refractivity contribution >= 4 is 28.8 Å². The lowest BCUT2D eigenvalue weighted by Gasteiger charge is -2.36. The summed E-state index contributed by atoms with van der Waals surface area (Å²) in [6.07, 6.45) is 0. The Morgan fingerprint density at radius 2 is 1.76 bits per heavy atom. The van der Waals surface area contributed by atoms with E-state index in [1.165, 1.54) is 23.5 Å². The second-order valence-corrected chi connectivity index (χ2v) is 9.49. The van der Waals surface area contributed by atoms with E-state index in [1.807, 2.05) is 30.5 Å². The minimum atomic E-state index is -0.359. The zero-order chi connectivity index (χ0) is 24.1. The molecule has 178 valence electrons. The normalized spacial score (nSPS) is 15.1. The maximum atomic E-state index is 14.1. The zero-order valence-corrected chi connectivity index (χ0v) is 20.2. The topological polar surface area (TPSA) is 64.7 Å². The van der Waals surface area contributed by atoms with Gasteiger partial charge in [-0.05, 0) is 61.3 Å². The molecule has 0 radical (unpaired) electrons. The van der Waals surface area contributed by atoms with E-state index >= 15 is 0 Å². The first-order valence-corrected chi connectivity index (χ1v) is 12.2. The molecule has 2 aromatic carbocycles. The van der Waals surface area contributed by atoms with Gasteiger partial charge >= 0.3 is 0 Å². The van der Waals surface area contributed by atoms with Gasteiger partial charge in [0.05, 0.1) is 10.9 Å². The number of likely N-dealkylation sites (N-methyl/N-ethyl adjacent to an activating group) is 1. The fourth-order valence-electron chi connectivity index (χ4n) is 4.02. The fourth-order valence-corrected chi connectivity index (χ4v) is 4.66. The van der Waals surface area contributed by atoms with Crippen LogP contribution < -0.4 is 15.5 Å². The van der Waals surface area contributed by atoms with Crippen molar-refractivity contribution in [2.75, 3.05) is 38.1 Å². The molecule has 1 fully saturated rings. The molecule has 6 nitrogen and oxygen atoms in total. The summed E-state index contributed by atoms with van der Waals surface area (Å²) in [5.74, 6) is -0.657. The molecular weight excluding hydrogens is 451 g/mol.